The standard InChI is InChI=1S/C13H23N3O5/c14-10(17)9-21-8-7-15-12(20)16-13(11(18)19)5-3-1-2-4-6-13/h1-9H2,(H2,14,17)(H,18,19)(H2,15,16,20). The van der Waals surface area contributed by atoms with E-state index in [0.29, 0.717) is 12.8 Å². The van der Waals surface area contributed by atoms with Crippen LogP contribution in [0.4, 0.5) is 4.79 Å². The fourth-order valence-corrected chi connectivity index (χ4v) is 2.40. The molecule has 0 atom stereocenters. The van der Waals surface area contributed by atoms with Crippen molar-refractivity contribution in [3.05, 3.63) is 0 Å². The second-order valence-corrected chi connectivity index (χ2v) is 5.20. The molecule has 1 rings (SSSR count). The predicted octanol–water partition coefficient (Wildman–Crippen LogP) is -0.0349. The minimum absolute atomic E-state index is 0.135. The van der Waals surface area contributed by atoms with E-state index in [1.807, 2.05) is 0 Å². The number of carbonyl (C=O) groups is 3. The van der Waals surface area contributed by atoms with Crippen molar-refractivity contribution in [1.82, 2.24) is 10.6 Å². The van der Waals surface area contributed by atoms with Crippen molar-refractivity contribution < 1.29 is 24.2 Å². The average Bonchev–Trinajstić information content (AvgIpc) is 2.64. The molecule has 120 valence electrons. The first-order chi connectivity index (χ1) is 9.96. The van der Waals surface area contributed by atoms with Crippen molar-refractivity contribution in [1.29, 1.82) is 0 Å². The fourth-order valence-electron chi connectivity index (χ4n) is 2.40. The molecule has 3 amide bonds. The molecule has 1 aliphatic carbocycles. The number of nitrogens with one attached hydrogen (secondary N) is 2. The highest BCUT2D eigenvalue weighted by atomic mass is 16.5. The molecule has 1 fully saturated rings. The largest absolute Gasteiger partial charge is 0.480 e. The van der Waals surface area contributed by atoms with Gasteiger partial charge in [0.1, 0.15) is 12.1 Å². The van der Waals surface area contributed by atoms with Crippen LogP contribution in [0.5, 0.6) is 0 Å². The molecule has 0 spiro atoms. The molecule has 8 heteroatoms. The van der Waals surface area contributed by atoms with Crippen molar-refractivity contribution in [2.24, 2.45) is 5.73 Å². The van der Waals surface area contributed by atoms with Gasteiger partial charge in [0.05, 0.1) is 6.61 Å². The van der Waals surface area contributed by atoms with Crippen LogP contribution in [0, 0.1) is 0 Å². The first-order valence-electron chi connectivity index (χ1n) is 7.12. The zero-order valence-corrected chi connectivity index (χ0v) is 12.0. The molecule has 1 aliphatic rings. The maximum atomic E-state index is 11.8. The Morgan fingerprint density at radius 3 is 2.29 bits per heavy atom. The summed E-state index contributed by atoms with van der Waals surface area (Å²) < 4.78 is 4.89. The molecule has 0 bridgehead atoms. The third kappa shape index (κ3) is 5.99. The van der Waals surface area contributed by atoms with Gasteiger partial charge in [-0.15, -0.1) is 0 Å². The maximum Gasteiger partial charge on any atom is 0.329 e. The Kier molecular flexibility index (Phi) is 6.93. The van der Waals surface area contributed by atoms with E-state index in [2.05, 4.69) is 10.6 Å². The highest BCUT2D eigenvalue weighted by molar-refractivity contribution is 5.86. The molecule has 5 N–H and O–H groups in total. The minimum atomic E-state index is -1.19. The van der Waals surface area contributed by atoms with Crippen LogP contribution >= 0.6 is 0 Å². The van der Waals surface area contributed by atoms with Gasteiger partial charge in [0.2, 0.25) is 5.91 Å². The Balaban J connectivity index is 2.38. The summed E-state index contributed by atoms with van der Waals surface area (Å²) in [6.07, 6.45) is 4.42. The number of carboxylic acid groups (broad SMARTS) is 1. The van der Waals surface area contributed by atoms with Crippen LogP contribution in [-0.2, 0) is 14.3 Å². The number of hydrogen-bond acceptors (Lipinski definition) is 4. The Hall–Kier alpha value is -1.83. The zero-order valence-electron chi connectivity index (χ0n) is 12.0. The lowest BCUT2D eigenvalue weighted by Gasteiger charge is -2.29. The van der Waals surface area contributed by atoms with Crippen LogP contribution in [0.15, 0.2) is 0 Å². The van der Waals surface area contributed by atoms with E-state index in [4.69, 9.17) is 10.5 Å². The van der Waals surface area contributed by atoms with Gasteiger partial charge in [-0.1, -0.05) is 25.7 Å². The molecule has 0 radical (unpaired) electrons. The molecule has 0 aromatic rings. The topological polar surface area (TPSA) is 131 Å². The number of ether oxygens (including phenoxy) is 1. The summed E-state index contributed by atoms with van der Waals surface area (Å²) in [4.78, 5) is 33.7. The minimum Gasteiger partial charge on any atom is -0.480 e. The van der Waals surface area contributed by atoms with E-state index in [1.165, 1.54) is 0 Å². The molecule has 21 heavy (non-hydrogen) atoms. The van der Waals surface area contributed by atoms with E-state index < -0.39 is 23.4 Å². The molecule has 0 heterocycles. The molecular formula is C13H23N3O5. The van der Waals surface area contributed by atoms with Gasteiger partial charge in [-0.05, 0) is 12.8 Å². The van der Waals surface area contributed by atoms with E-state index in [0.717, 1.165) is 25.7 Å². The van der Waals surface area contributed by atoms with Crippen LogP contribution in [0.1, 0.15) is 38.5 Å². The molecule has 0 saturated heterocycles. The number of carboxylic acids is 1. The monoisotopic (exact) mass is 301 g/mol. The summed E-state index contributed by atoms with van der Waals surface area (Å²) in [5, 5.41) is 14.5. The second kappa shape index (κ2) is 8.46. The Morgan fingerprint density at radius 2 is 1.76 bits per heavy atom. The summed E-state index contributed by atoms with van der Waals surface area (Å²) in [6, 6.07) is -0.540. The number of nitrogens with two attached hydrogens (primary N) is 1. The molecule has 0 aromatic heterocycles. The smallest absolute Gasteiger partial charge is 0.329 e. The number of hydrogen-bond donors (Lipinski definition) is 4. The molecular weight excluding hydrogens is 278 g/mol. The molecule has 8 nitrogen and oxygen atoms in total. The van der Waals surface area contributed by atoms with Gasteiger partial charge in [-0.2, -0.15) is 0 Å². The summed E-state index contributed by atoms with van der Waals surface area (Å²) in [6.45, 7) is 0.105. The number of primary amides is 1. The van der Waals surface area contributed by atoms with Gasteiger partial charge < -0.3 is 26.2 Å². The number of rotatable bonds is 7. The third-order valence-electron chi connectivity index (χ3n) is 3.50. The van der Waals surface area contributed by atoms with Gasteiger partial charge in [0, 0.05) is 6.54 Å². The Labute approximate surface area is 123 Å². The number of carbonyl (C=O) groups excluding carboxylic acids is 2. The normalized spacial score (nSPS) is 17.5. The lowest BCUT2D eigenvalue weighted by Crippen LogP contribution is -2.57. The summed E-state index contributed by atoms with van der Waals surface area (Å²) in [7, 11) is 0. The summed E-state index contributed by atoms with van der Waals surface area (Å²) in [5.74, 6) is -1.58. The maximum absolute atomic E-state index is 11.8. The van der Waals surface area contributed by atoms with Crippen LogP contribution in [0.25, 0.3) is 0 Å². The first-order valence-corrected chi connectivity index (χ1v) is 7.12. The van der Waals surface area contributed by atoms with Crippen molar-refractivity contribution in [2.75, 3.05) is 19.8 Å². The summed E-state index contributed by atoms with van der Waals surface area (Å²) in [5.41, 5.74) is 3.71. The first kappa shape index (κ1) is 17.2. The van der Waals surface area contributed by atoms with E-state index in [9.17, 15) is 19.5 Å². The molecule has 0 unspecified atom stereocenters. The predicted molar refractivity (Wildman–Crippen MR) is 74.6 cm³/mol. The van der Waals surface area contributed by atoms with Gasteiger partial charge in [-0.3, -0.25) is 4.79 Å². The number of urea groups is 1. The highest BCUT2D eigenvalue weighted by Crippen LogP contribution is 2.27. The van der Waals surface area contributed by atoms with Crippen LogP contribution < -0.4 is 16.4 Å². The van der Waals surface area contributed by atoms with E-state index in [-0.39, 0.29) is 19.8 Å². The van der Waals surface area contributed by atoms with Crippen LogP contribution in [-0.4, -0.2) is 48.3 Å². The van der Waals surface area contributed by atoms with E-state index in [1.54, 1.807) is 0 Å². The van der Waals surface area contributed by atoms with Crippen molar-refractivity contribution in [3.63, 3.8) is 0 Å². The molecule has 0 aliphatic heterocycles. The summed E-state index contributed by atoms with van der Waals surface area (Å²) >= 11 is 0. The van der Waals surface area contributed by atoms with Crippen molar-refractivity contribution in [3.8, 4) is 0 Å². The van der Waals surface area contributed by atoms with Gasteiger partial charge in [0.15, 0.2) is 0 Å². The van der Waals surface area contributed by atoms with Gasteiger partial charge >= 0.3 is 12.0 Å². The second-order valence-electron chi connectivity index (χ2n) is 5.20. The zero-order chi connectivity index (χ0) is 15.7. The number of aliphatic carboxylic acids is 1. The highest BCUT2D eigenvalue weighted by Gasteiger charge is 2.39. The third-order valence-corrected chi connectivity index (χ3v) is 3.50. The SMILES string of the molecule is NC(=O)COCCNC(=O)NC1(C(=O)O)CCCCCC1. The lowest BCUT2D eigenvalue weighted by atomic mass is 9.90. The quantitative estimate of drug-likeness (QED) is 0.387. The van der Waals surface area contributed by atoms with E-state index >= 15 is 0 Å². The van der Waals surface area contributed by atoms with Gasteiger partial charge in [-0.25, -0.2) is 9.59 Å². The molecule has 0 aromatic carbocycles. The van der Waals surface area contributed by atoms with Crippen LogP contribution in [0.3, 0.4) is 0 Å². The van der Waals surface area contributed by atoms with Crippen molar-refractivity contribution in [2.45, 2.75) is 44.1 Å². The average molecular weight is 301 g/mol. The fraction of sp³-hybridized carbons (Fsp3) is 0.769. The Bertz CT molecular complexity index is 378. The molecule has 1 saturated carbocycles. The number of amides is 3. The van der Waals surface area contributed by atoms with Crippen molar-refractivity contribution >= 4 is 17.9 Å². The van der Waals surface area contributed by atoms with Crippen LogP contribution in [0.2, 0.25) is 0 Å². The lowest BCUT2D eigenvalue weighted by molar-refractivity contribution is -0.145. The van der Waals surface area contributed by atoms with Gasteiger partial charge in [0.25, 0.3) is 0 Å². The Morgan fingerprint density at radius 1 is 1.14 bits per heavy atom.